The van der Waals surface area contributed by atoms with Crippen molar-refractivity contribution in [1.29, 1.82) is 0 Å². The van der Waals surface area contributed by atoms with Crippen LogP contribution in [0.5, 0.6) is 0 Å². The number of aliphatic hydroxyl groups excluding tert-OH is 1. The van der Waals surface area contributed by atoms with Crippen LogP contribution in [0.4, 0.5) is 0 Å². The molecule has 0 aromatic heterocycles. The molecule has 1 saturated heterocycles. The molecular formula is C17H22O3. The van der Waals surface area contributed by atoms with E-state index in [0.717, 1.165) is 18.4 Å². The summed E-state index contributed by atoms with van der Waals surface area (Å²) in [5.41, 5.74) is -0.131. The van der Waals surface area contributed by atoms with Gasteiger partial charge in [0.15, 0.2) is 0 Å². The molecule has 0 amide bonds. The minimum Gasteiger partial charge on any atom is -0.392 e. The summed E-state index contributed by atoms with van der Waals surface area (Å²) in [6.07, 6.45) is 9.44. The van der Waals surface area contributed by atoms with Crippen molar-refractivity contribution in [3.05, 3.63) is 23.8 Å². The van der Waals surface area contributed by atoms with Crippen molar-refractivity contribution in [1.82, 2.24) is 0 Å². The molecule has 0 aromatic rings. The highest BCUT2D eigenvalue weighted by Crippen LogP contribution is 2.79. The normalized spacial score (nSPS) is 64.8. The van der Waals surface area contributed by atoms with Crippen LogP contribution in [-0.2, 0) is 4.74 Å². The first-order valence-electron chi connectivity index (χ1n) is 7.80. The molecule has 0 aromatic carbocycles. The second-order valence-corrected chi connectivity index (χ2v) is 8.13. The van der Waals surface area contributed by atoms with Crippen LogP contribution in [-0.4, -0.2) is 34.1 Å². The Bertz CT molecular complexity index is 581. The number of hydrogen-bond acceptors (Lipinski definition) is 3. The molecule has 108 valence electrons. The zero-order valence-corrected chi connectivity index (χ0v) is 12.1. The Morgan fingerprint density at radius 3 is 2.95 bits per heavy atom. The lowest BCUT2D eigenvalue weighted by Crippen LogP contribution is -2.66. The van der Waals surface area contributed by atoms with E-state index in [1.54, 1.807) is 0 Å². The van der Waals surface area contributed by atoms with Crippen molar-refractivity contribution >= 4 is 0 Å². The molecule has 5 bridgehead atoms. The van der Waals surface area contributed by atoms with Crippen LogP contribution in [0.3, 0.4) is 0 Å². The third-order valence-corrected chi connectivity index (χ3v) is 7.61. The predicted molar refractivity (Wildman–Crippen MR) is 73.9 cm³/mol. The molecule has 3 nitrogen and oxygen atoms in total. The van der Waals surface area contributed by atoms with Gasteiger partial charge in [0.2, 0.25) is 0 Å². The van der Waals surface area contributed by atoms with Gasteiger partial charge in [-0.1, -0.05) is 25.2 Å². The van der Waals surface area contributed by atoms with Crippen LogP contribution < -0.4 is 0 Å². The maximum absolute atomic E-state index is 11.7. The molecule has 20 heavy (non-hydrogen) atoms. The highest BCUT2D eigenvalue weighted by Gasteiger charge is 2.81. The first-order chi connectivity index (χ1) is 9.40. The minimum absolute atomic E-state index is 0.0103. The predicted octanol–water partition coefficient (Wildman–Crippen LogP) is 1.80. The zero-order chi connectivity index (χ0) is 14.0. The number of aliphatic hydroxyl groups is 2. The van der Waals surface area contributed by atoms with Crippen molar-refractivity contribution in [3.63, 3.8) is 0 Å². The maximum Gasteiger partial charge on any atom is 0.0844 e. The van der Waals surface area contributed by atoms with E-state index in [1.807, 2.05) is 0 Å². The molecule has 1 unspecified atom stereocenters. The van der Waals surface area contributed by atoms with Crippen molar-refractivity contribution in [2.24, 2.45) is 22.7 Å². The number of allylic oxidation sites excluding steroid dienone is 1. The Balaban J connectivity index is 1.85. The summed E-state index contributed by atoms with van der Waals surface area (Å²) in [6, 6.07) is 0. The molecule has 3 heteroatoms. The van der Waals surface area contributed by atoms with Gasteiger partial charge in [-0.15, -0.1) is 0 Å². The van der Waals surface area contributed by atoms with Crippen LogP contribution in [0.2, 0.25) is 0 Å². The van der Waals surface area contributed by atoms with Crippen LogP contribution in [0.15, 0.2) is 23.8 Å². The van der Waals surface area contributed by atoms with Gasteiger partial charge in [-0.2, -0.15) is 0 Å². The van der Waals surface area contributed by atoms with Crippen molar-refractivity contribution in [2.75, 3.05) is 6.61 Å². The first-order valence-corrected chi connectivity index (χ1v) is 7.80. The van der Waals surface area contributed by atoms with Gasteiger partial charge >= 0.3 is 0 Å². The van der Waals surface area contributed by atoms with Gasteiger partial charge in [-0.05, 0) is 31.3 Å². The SMILES string of the molecule is C[C@]12C[C@@]3(O)[C@H]4C(CO)=CCC35C=C[C@H](O1)[C@]5(C)C[C@@H]42. The lowest BCUT2D eigenvalue weighted by atomic mass is 9.44. The Labute approximate surface area is 119 Å². The lowest BCUT2D eigenvalue weighted by Gasteiger charge is -2.63. The summed E-state index contributed by atoms with van der Waals surface area (Å²) in [4.78, 5) is 0. The first kappa shape index (κ1) is 12.0. The molecule has 0 radical (unpaired) electrons. The zero-order valence-electron chi connectivity index (χ0n) is 12.1. The van der Waals surface area contributed by atoms with E-state index < -0.39 is 5.60 Å². The Morgan fingerprint density at radius 2 is 2.20 bits per heavy atom. The van der Waals surface area contributed by atoms with E-state index in [4.69, 9.17) is 4.74 Å². The van der Waals surface area contributed by atoms with Gasteiger partial charge < -0.3 is 14.9 Å². The van der Waals surface area contributed by atoms with Gasteiger partial charge in [0, 0.05) is 23.2 Å². The largest absolute Gasteiger partial charge is 0.392 e. The van der Waals surface area contributed by atoms with Gasteiger partial charge in [-0.3, -0.25) is 0 Å². The van der Waals surface area contributed by atoms with E-state index >= 15 is 0 Å². The second-order valence-electron chi connectivity index (χ2n) is 8.13. The van der Waals surface area contributed by atoms with E-state index in [-0.39, 0.29) is 35.1 Å². The van der Waals surface area contributed by atoms with Gasteiger partial charge in [0.05, 0.1) is 23.9 Å². The summed E-state index contributed by atoms with van der Waals surface area (Å²) in [5, 5.41) is 21.4. The Hall–Kier alpha value is -0.640. The fraction of sp³-hybridized carbons (Fsp3) is 0.765. The Morgan fingerprint density at radius 1 is 1.40 bits per heavy atom. The quantitative estimate of drug-likeness (QED) is 0.717. The minimum atomic E-state index is -0.742. The van der Waals surface area contributed by atoms with Gasteiger partial charge in [0.25, 0.3) is 0 Å². The standard InChI is InChI=1S/C17H22O3/c1-14-7-11-13-10(8-18)3-5-16(14)6-4-12(14)20-15(11,2)9-17(13,16)19/h3-4,6,11-13,18-19H,5,7-9H2,1-2H3/t11-,12-,13-,14-,15+,16?,17+/m0/s1. The molecule has 5 rings (SSSR count). The van der Waals surface area contributed by atoms with Crippen molar-refractivity contribution < 1.29 is 14.9 Å². The topological polar surface area (TPSA) is 49.7 Å². The summed E-state index contributed by atoms with van der Waals surface area (Å²) in [6.45, 7) is 4.54. The van der Waals surface area contributed by atoms with Crippen LogP contribution in [0.1, 0.15) is 33.1 Å². The van der Waals surface area contributed by atoms with Gasteiger partial charge in [0.1, 0.15) is 0 Å². The molecule has 1 aliphatic heterocycles. The summed E-state index contributed by atoms with van der Waals surface area (Å²) in [7, 11) is 0. The number of rotatable bonds is 1. The number of hydrogen-bond donors (Lipinski definition) is 2. The smallest absolute Gasteiger partial charge is 0.0844 e. The van der Waals surface area contributed by atoms with E-state index in [0.29, 0.717) is 12.3 Å². The highest BCUT2D eigenvalue weighted by molar-refractivity contribution is 5.44. The third kappa shape index (κ3) is 0.863. The third-order valence-electron chi connectivity index (χ3n) is 7.61. The fourth-order valence-electron chi connectivity index (χ4n) is 6.75. The van der Waals surface area contributed by atoms with E-state index in [2.05, 4.69) is 32.1 Å². The molecule has 3 fully saturated rings. The summed E-state index contributed by atoms with van der Waals surface area (Å²) < 4.78 is 6.48. The molecular weight excluding hydrogens is 252 g/mol. The maximum atomic E-state index is 11.7. The molecule has 4 aliphatic carbocycles. The highest BCUT2D eigenvalue weighted by atomic mass is 16.5. The molecule has 7 atom stereocenters. The molecule has 5 aliphatic rings. The van der Waals surface area contributed by atoms with E-state index in [1.165, 1.54) is 0 Å². The molecule has 1 spiro atoms. The summed E-state index contributed by atoms with van der Waals surface area (Å²) in [5.74, 6) is 0.406. The molecule has 2 N–H and O–H groups in total. The lowest BCUT2D eigenvalue weighted by molar-refractivity contribution is -0.233. The van der Waals surface area contributed by atoms with Crippen LogP contribution in [0.25, 0.3) is 0 Å². The molecule has 1 heterocycles. The average molecular weight is 274 g/mol. The average Bonchev–Trinajstić information content (AvgIpc) is 2.73. The number of ether oxygens (including phenoxy) is 1. The van der Waals surface area contributed by atoms with Crippen LogP contribution >= 0.6 is 0 Å². The summed E-state index contributed by atoms with van der Waals surface area (Å²) >= 11 is 0. The fourth-order valence-corrected chi connectivity index (χ4v) is 6.75. The monoisotopic (exact) mass is 274 g/mol. The van der Waals surface area contributed by atoms with Crippen molar-refractivity contribution in [3.8, 4) is 0 Å². The molecule has 2 saturated carbocycles. The van der Waals surface area contributed by atoms with Gasteiger partial charge in [-0.25, -0.2) is 0 Å². The van der Waals surface area contributed by atoms with Crippen LogP contribution in [0, 0.1) is 22.7 Å². The second kappa shape index (κ2) is 2.94. The Kier molecular flexibility index (Phi) is 1.76. The van der Waals surface area contributed by atoms with Crippen molar-refractivity contribution in [2.45, 2.75) is 50.4 Å². The van der Waals surface area contributed by atoms with E-state index in [9.17, 15) is 10.2 Å².